The largest absolute Gasteiger partial charge is 0.434 e. The van der Waals surface area contributed by atoms with E-state index >= 15 is 0 Å². The van der Waals surface area contributed by atoms with Crippen molar-refractivity contribution in [2.45, 2.75) is 6.92 Å². The molecule has 0 saturated carbocycles. The van der Waals surface area contributed by atoms with Crippen molar-refractivity contribution in [1.29, 1.82) is 0 Å². The van der Waals surface area contributed by atoms with E-state index in [1.54, 1.807) is 24.3 Å². The number of nitrogens with zero attached hydrogens (tertiary/aromatic N) is 3. The molecule has 2 N–H and O–H groups in total. The monoisotopic (exact) mass is 431 g/mol. The number of aromatic nitrogens is 5. The molecule has 0 unspecified atom stereocenters. The Balaban J connectivity index is 1.81. The number of hydrogen-bond donors (Lipinski definition) is 2. The van der Waals surface area contributed by atoms with E-state index in [-0.39, 0.29) is 38.6 Å². The van der Waals surface area contributed by atoms with Gasteiger partial charge in [-0.2, -0.15) is 9.78 Å². The number of ether oxygens (including phenoxy) is 1. The van der Waals surface area contributed by atoms with Gasteiger partial charge in [0, 0.05) is 0 Å². The van der Waals surface area contributed by atoms with Gasteiger partial charge in [0.2, 0.25) is 5.88 Å². The maximum Gasteiger partial charge on any atom is 0.349 e. The first-order valence-corrected chi connectivity index (χ1v) is 8.95. The molecule has 0 aliphatic carbocycles. The maximum atomic E-state index is 12.1. The van der Waals surface area contributed by atoms with Crippen LogP contribution in [0.3, 0.4) is 0 Å². The molecule has 9 nitrogen and oxygen atoms in total. The van der Waals surface area contributed by atoms with Crippen molar-refractivity contribution in [3.63, 3.8) is 0 Å². The first-order chi connectivity index (χ1) is 13.8. The summed E-state index contributed by atoms with van der Waals surface area (Å²) in [4.78, 5) is 37.6. The zero-order valence-electron chi connectivity index (χ0n) is 14.7. The lowest BCUT2D eigenvalue weighted by Gasteiger charge is -2.12. The fraction of sp³-hybridized carbons (Fsp3) is 0.0556. The number of H-pyrrole nitrogens is 2. The normalized spacial score (nSPS) is 11.0. The van der Waals surface area contributed by atoms with Crippen LogP contribution >= 0.6 is 23.2 Å². The van der Waals surface area contributed by atoms with E-state index in [1.807, 2.05) is 0 Å². The molecule has 2 aromatic carbocycles. The van der Waals surface area contributed by atoms with Gasteiger partial charge >= 0.3 is 5.69 Å². The van der Waals surface area contributed by atoms with E-state index in [0.717, 1.165) is 4.68 Å². The third-order valence-corrected chi connectivity index (χ3v) is 4.64. The lowest BCUT2D eigenvalue weighted by molar-refractivity contribution is 0.461. The maximum absolute atomic E-state index is 12.1. The van der Waals surface area contributed by atoms with Crippen LogP contribution in [0.15, 0.2) is 50.8 Å². The highest BCUT2D eigenvalue weighted by Crippen LogP contribution is 2.38. The number of halogens is 2. The quantitative estimate of drug-likeness (QED) is 0.513. The highest BCUT2D eigenvalue weighted by molar-refractivity contribution is 6.37. The predicted molar refractivity (Wildman–Crippen MR) is 108 cm³/mol. The smallest absolute Gasteiger partial charge is 0.349 e. The van der Waals surface area contributed by atoms with Crippen LogP contribution in [0.4, 0.5) is 0 Å². The third-order valence-electron chi connectivity index (χ3n) is 4.08. The van der Waals surface area contributed by atoms with E-state index in [1.165, 1.54) is 19.1 Å². The predicted octanol–water partition coefficient (Wildman–Crippen LogP) is 2.56. The number of fused-ring (bicyclic) bond motifs is 1. The summed E-state index contributed by atoms with van der Waals surface area (Å²) in [7, 11) is 0. The van der Waals surface area contributed by atoms with Crippen LogP contribution in [-0.2, 0) is 0 Å². The van der Waals surface area contributed by atoms with Gasteiger partial charge in [-0.25, -0.2) is 9.89 Å². The van der Waals surface area contributed by atoms with Gasteiger partial charge in [-0.1, -0.05) is 35.3 Å². The molecule has 2 heterocycles. The molecule has 0 fully saturated rings. The van der Waals surface area contributed by atoms with Gasteiger partial charge in [-0.15, -0.1) is 5.10 Å². The molecule has 0 atom stereocenters. The zero-order valence-corrected chi connectivity index (χ0v) is 16.2. The number of nitrogens with one attached hydrogen (secondary N) is 2. The van der Waals surface area contributed by atoms with E-state index in [4.69, 9.17) is 27.9 Å². The van der Waals surface area contributed by atoms with Gasteiger partial charge in [0.05, 0.1) is 26.5 Å². The minimum Gasteiger partial charge on any atom is -0.434 e. The van der Waals surface area contributed by atoms with Crippen LogP contribution in [0, 0.1) is 6.92 Å². The van der Waals surface area contributed by atoms with Crippen LogP contribution in [0.25, 0.3) is 16.5 Å². The minimum atomic E-state index is -0.741. The molecule has 0 bridgehead atoms. The molecule has 0 radical (unpaired) electrons. The fourth-order valence-electron chi connectivity index (χ4n) is 2.69. The van der Waals surface area contributed by atoms with Crippen molar-refractivity contribution in [1.82, 2.24) is 25.0 Å². The SMILES string of the molecule is Cc1nn(-c2cc(Cl)c(Oc3n[nH]c(=O)c4ccccc34)c(Cl)c2)c(=O)[nH]c1=O. The average molecular weight is 432 g/mol. The zero-order chi connectivity index (χ0) is 20.7. The molecule has 0 aliphatic rings. The number of aromatic amines is 2. The summed E-state index contributed by atoms with van der Waals surface area (Å²) in [5.74, 6) is 0.183. The molecular formula is C18H11Cl2N5O4. The second kappa shape index (κ2) is 7.19. The van der Waals surface area contributed by atoms with Crippen molar-refractivity contribution in [2.75, 3.05) is 0 Å². The minimum absolute atomic E-state index is 0.0714. The van der Waals surface area contributed by atoms with Crippen molar-refractivity contribution in [3.8, 4) is 17.3 Å². The van der Waals surface area contributed by atoms with Gasteiger partial charge in [0.1, 0.15) is 5.69 Å². The highest BCUT2D eigenvalue weighted by atomic mass is 35.5. The second-order valence-electron chi connectivity index (χ2n) is 6.00. The molecule has 29 heavy (non-hydrogen) atoms. The topological polar surface area (TPSA) is 123 Å². The Hall–Kier alpha value is -3.43. The highest BCUT2D eigenvalue weighted by Gasteiger charge is 2.16. The molecule has 0 spiro atoms. The van der Waals surface area contributed by atoms with Crippen molar-refractivity contribution in [3.05, 3.63) is 83.3 Å². The standard InChI is InChI=1S/C18H11Cl2N5O4/c1-8-15(26)21-18(28)25(24-8)9-6-12(19)14(13(20)7-9)29-17-11-5-3-2-4-10(11)16(27)22-23-17/h2-7H,1H3,(H,22,27)(H,21,26,28). The Morgan fingerprint density at radius 1 is 1.00 bits per heavy atom. The molecular weight excluding hydrogens is 421 g/mol. The van der Waals surface area contributed by atoms with Gasteiger partial charge < -0.3 is 4.74 Å². The molecule has 146 valence electrons. The first-order valence-electron chi connectivity index (χ1n) is 8.20. The van der Waals surface area contributed by atoms with E-state index in [9.17, 15) is 14.4 Å². The van der Waals surface area contributed by atoms with Crippen molar-refractivity contribution in [2.24, 2.45) is 0 Å². The number of rotatable bonds is 3. The van der Waals surface area contributed by atoms with Crippen LogP contribution < -0.4 is 21.5 Å². The average Bonchev–Trinajstić information content (AvgIpc) is 2.69. The number of aryl methyl sites for hydroxylation is 1. The Bertz CT molecular complexity index is 1420. The summed E-state index contributed by atoms with van der Waals surface area (Å²) >= 11 is 12.6. The van der Waals surface area contributed by atoms with Crippen LogP contribution in [0.2, 0.25) is 10.0 Å². The van der Waals surface area contributed by atoms with Gasteiger partial charge in [0.15, 0.2) is 5.75 Å². The lowest BCUT2D eigenvalue weighted by atomic mass is 10.2. The van der Waals surface area contributed by atoms with Crippen molar-refractivity contribution < 1.29 is 4.74 Å². The van der Waals surface area contributed by atoms with Gasteiger partial charge in [-0.3, -0.25) is 14.6 Å². The first kappa shape index (κ1) is 18.9. The molecule has 11 heteroatoms. The summed E-state index contributed by atoms with van der Waals surface area (Å²) in [5.41, 5.74) is -1.36. The molecule has 0 amide bonds. The molecule has 0 aliphatic heterocycles. The lowest BCUT2D eigenvalue weighted by Crippen LogP contribution is -2.32. The molecule has 4 rings (SSSR count). The summed E-state index contributed by atoms with van der Waals surface area (Å²) in [6.07, 6.45) is 0. The number of hydrogen-bond acceptors (Lipinski definition) is 6. The van der Waals surface area contributed by atoms with Crippen molar-refractivity contribution >= 4 is 34.0 Å². The third kappa shape index (κ3) is 3.41. The van der Waals surface area contributed by atoms with E-state index in [2.05, 4.69) is 20.3 Å². The number of benzene rings is 2. The fourth-order valence-corrected chi connectivity index (χ4v) is 3.24. The van der Waals surface area contributed by atoms with Gasteiger partial charge in [0.25, 0.3) is 11.1 Å². The van der Waals surface area contributed by atoms with Gasteiger partial charge in [-0.05, 0) is 31.2 Å². The molecule has 0 saturated heterocycles. The van der Waals surface area contributed by atoms with E-state index < -0.39 is 11.2 Å². The Morgan fingerprint density at radius 2 is 1.66 bits per heavy atom. The second-order valence-corrected chi connectivity index (χ2v) is 6.81. The Kier molecular flexibility index (Phi) is 4.69. The summed E-state index contributed by atoms with van der Waals surface area (Å²) in [6.45, 7) is 1.46. The van der Waals surface area contributed by atoms with Crippen LogP contribution in [0.1, 0.15) is 5.69 Å². The van der Waals surface area contributed by atoms with Crippen LogP contribution in [-0.4, -0.2) is 25.0 Å². The Labute approximate surface area is 171 Å². The summed E-state index contributed by atoms with van der Waals surface area (Å²) in [6, 6.07) is 9.57. The summed E-state index contributed by atoms with van der Waals surface area (Å²) < 4.78 is 6.73. The molecule has 4 aromatic rings. The Morgan fingerprint density at radius 3 is 2.34 bits per heavy atom. The molecule has 2 aromatic heterocycles. The van der Waals surface area contributed by atoms with Crippen LogP contribution in [0.5, 0.6) is 11.6 Å². The van der Waals surface area contributed by atoms with E-state index in [0.29, 0.717) is 10.8 Å². The summed E-state index contributed by atoms with van der Waals surface area (Å²) in [5, 5.41) is 11.2.